The Hall–Kier alpha value is -3.94. The molecule has 0 radical (unpaired) electrons. The fourth-order valence-corrected chi connectivity index (χ4v) is 4.29. The molecule has 0 spiro atoms. The van der Waals surface area contributed by atoms with Gasteiger partial charge in [0.1, 0.15) is 34.0 Å². The van der Waals surface area contributed by atoms with Gasteiger partial charge in [-0.15, -0.1) is 0 Å². The molecule has 1 heterocycles. The molecule has 3 aromatic rings. The fraction of sp³-hybridized carbons (Fsp3) is 0.455. The zero-order valence-electron chi connectivity index (χ0n) is 24.3. The standard InChI is InChI=1S/C33H40O8/c1-4-7-10-13-30(35)38-24-18-16-23(17-19-24)27-22-26(34)33-28(40-27)20-25(39-31(36)14-11-8-5-2)21-29(33)41-32(37)15-12-9-6-3/h16-22H,4-15H2,1-3H3. The Kier molecular flexibility index (Phi) is 12.6. The van der Waals surface area contributed by atoms with Crippen LogP contribution in [-0.2, 0) is 14.4 Å². The van der Waals surface area contributed by atoms with E-state index in [0.717, 1.165) is 44.9 Å². The third-order valence-corrected chi connectivity index (χ3v) is 6.55. The van der Waals surface area contributed by atoms with Crippen molar-refractivity contribution in [2.24, 2.45) is 0 Å². The summed E-state index contributed by atoms with van der Waals surface area (Å²) in [7, 11) is 0. The molecule has 0 N–H and O–H groups in total. The molecular weight excluding hydrogens is 524 g/mol. The Morgan fingerprint density at radius 2 is 1.15 bits per heavy atom. The van der Waals surface area contributed by atoms with Crippen LogP contribution < -0.4 is 19.6 Å². The summed E-state index contributed by atoms with van der Waals surface area (Å²) in [6.45, 7) is 6.15. The smallest absolute Gasteiger partial charge is 0.311 e. The Morgan fingerprint density at radius 1 is 0.634 bits per heavy atom. The van der Waals surface area contributed by atoms with E-state index in [1.807, 2.05) is 13.8 Å². The number of hydrogen-bond acceptors (Lipinski definition) is 8. The zero-order valence-corrected chi connectivity index (χ0v) is 24.3. The molecular formula is C33H40O8. The summed E-state index contributed by atoms with van der Waals surface area (Å²) in [5.41, 5.74) is 0.286. The Bertz CT molecular complexity index is 1370. The van der Waals surface area contributed by atoms with Crippen molar-refractivity contribution in [3.05, 3.63) is 52.7 Å². The van der Waals surface area contributed by atoms with Gasteiger partial charge in [0.2, 0.25) is 0 Å². The van der Waals surface area contributed by atoms with E-state index in [-0.39, 0.29) is 47.0 Å². The maximum absolute atomic E-state index is 13.3. The van der Waals surface area contributed by atoms with Gasteiger partial charge in [0.05, 0.1) is 0 Å². The molecule has 1 aromatic heterocycles. The van der Waals surface area contributed by atoms with Crippen molar-refractivity contribution in [2.45, 2.75) is 97.8 Å². The third-order valence-electron chi connectivity index (χ3n) is 6.55. The number of fused-ring (bicyclic) bond motifs is 1. The first-order valence-corrected chi connectivity index (χ1v) is 14.7. The van der Waals surface area contributed by atoms with Gasteiger partial charge in [-0.1, -0.05) is 59.3 Å². The van der Waals surface area contributed by atoms with Gasteiger partial charge in [-0.05, 0) is 43.5 Å². The van der Waals surface area contributed by atoms with Crippen molar-refractivity contribution < 1.29 is 33.0 Å². The third kappa shape index (κ3) is 9.88. The molecule has 8 nitrogen and oxygen atoms in total. The van der Waals surface area contributed by atoms with Crippen LogP contribution in [0.2, 0.25) is 0 Å². The number of carbonyl (C=O) groups excluding carboxylic acids is 3. The van der Waals surface area contributed by atoms with E-state index in [1.165, 1.54) is 18.2 Å². The van der Waals surface area contributed by atoms with Crippen LogP contribution >= 0.6 is 0 Å². The SMILES string of the molecule is CCCCCC(=O)Oc1ccc(-c2cc(=O)c3c(OC(=O)CCCCC)cc(OC(=O)CCCCC)cc3o2)cc1. The molecule has 220 valence electrons. The number of ether oxygens (including phenoxy) is 3. The molecule has 0 aliphatic heterocycles. The maximum Gasteiger partial charge on any atom is 0.311 e. The minimum atomic E-state index is -0.477. The molecule has 0 saturated heterocycles. The van der Waals surface area contributed by atoms with Gasteiger partial charge < -0.3 is 18.6 Å². The van der Waals surface area contributed by atoms with Crippen molar-refractivity contribution in [1.29, 1.82) is 0 Å². The average Bonchev–Trinajstić information content (AvgIpc) is 2.93. The summed E-state index contributed by atoms with van der Waals surface area (Å²) in [6, 6.07) is 10.8. The molecule has 0 amide bonds. The lowest BCUT2D eigenvalue weighted by atomic mass is 10.1. The summed E-state index contributed by atoms with van der Waals surface area (Å²) in [4.78, 5) is 50.2. The summed E-state index contributed by atoms with van der Waals surface area (Å²) in [5, 5.41) is 0.0843. The van der Waals surface area contributed by atoms with E-state index in [9.17, 15) is 19.2 Å². The van der Waals surface area contributed by atoms with E-state index >= 15 is 0 Å². The van der Waals surface area contributed by atoms with Crippen LogP contribution in [0.4, 0.5) is 0 Å². The van der Waals surface area contributed by atoms with Crippen molar-refractivity contribution in [1.82, 2.24) is 0 Å². The number of esters is 3. The monoisotopic (exact) mass is 564 g/mol. The summed E-state index contributed by atoms with van der Waals surface area (Å²) < 4.78 is 22.6. The van der Waals surface area contributed by atoms with Crippen molar-refractivity contribution in [3.8, 4) is 28.6 Å². The van der Waals surface area contributed by atoms with E-state index in [2.05, 4.69) is 6.92 Å². The number of rotatable bonds is 16. The molecule has 0 unspecified atom stereocenters. The Balaban J connectivity index is 1.90. The number of unbranched alkanes of at least 4 members (excludes halogenated alkanes) is 6. The molecule has 2 aromatic carbocycles. The Morgan fingerprint density at radius 3 is 1.68 bits per heavy atom. The van der Waals surface area contributed by atoms with E-state index in [4.69, 9.17) is 18.6 Å². The minimum Gasteiger partial charge on any atom is -0.456 e. The van der Waals surface area contributed by atoms with Gasteiger partial charge in [-0.2, -0.15) is 0 Å². The van der Waals surface area contributed by atoms with Crippen molar-refractivity contribution in [2.75, 3.05) is 0 Å². The molecule has 3 rings (SSSR count). The van der Waals surface area contributed by atoms with Crippen LogP contribution in [0, 0.1) is 0 Å². The second kappa shape index (κ2) is 16.4. The predicted octanol–water partition coefficient (Wildman–Crippen LogP) is 7.92. The average molecular weight is 565 g/mol. The quantitative estimate of drug-likeness (QED) is 0.0980. The first-order valence-electron chi connectivity index (χ1n) is 14.7. The number of carbonyl (C=O) groups is 3. The number of hydrogen-bond donors (Lipinski definition) is 0. The second-order valence-corrected chi connectivity index (χ2v) is 10.1. The Labute approximate surface area is 241 Å². The van der Waals surface area contributed by atoms with Crippen LogP contribution in [0.3, 0.4) is 0 Å². The predicted molar refractivity (Wildman–Crippen MR) is 157 cm³/mol. The topological polar surface area (TPSA) is 109 Å². The largest absolute Gasteiger partial charge is 0.456 e. The highest BCUT2D eigenvalue weighted by Gasteiger charge is 2.18. The summed E-state index contributed by atoms with van der Waals surface area (Å²) >= 11 is 0. The van der Waals surface area contributed by atoms with Crippen LogP contribution in [0.1, 0.15) is 97.8 Å². The van der Waals surface area contributed by atoms with Crippen molar-refractivity contribution >= 4 is 28.9 Å². The highest BCUT2D eigenvalue weighted by atomic mass is 16.5. The first-order chi connectivity index (χ1) is 19.8. The van der Waals surface area contributed by atoms with E-state index in [0.29, 0.717) is 30.6 Å². The molecule has 8 heteroatoms. The van der Waals surface area contributed by atoms with Gasteiger partial charge in [0.25, 0.3) is 0 Å². The normalized spacial score (nSPS) is 10.9. The van der Waals surface area contributed by atoms with Gasteiger partial charge >= 0.3 is 17.9 Å². The zero-order chi connectivity index (χ0) is 29.6. The molecule has 0 atom stereocenters. The second-order valence-electron chi connectivity index (χ2n) is 10.1. The summed E-state index contributed by atoms with van der Waals surface area (Å²) in [5.74, 6) is -0.419. The van der Waals surface area contributed by atoms with Gasteiger partial charge in [-0.25, -0.2) is 0 Å². The molecule has 0 saturated carbocycles. The fourth-order valence-electron chi connectivity index (χ4n) is 4.29. The van der Waals surface area contributed by atoms with E-state index in [1.54, 1.807) is 24.3 Å². The van der Waals surface area contributed by atoms with Gasteiger partial charge in [0.15, 0.2) is 5.43 Å². The highest BCUT2D eigenvalue weighted by Crippen LogP contribution is 2.33. The highest BCUT2D eigenvalue weighted by molar-refractivity contribution is 5.89. The molecule has 41 heavy (non-hydrogen) atoms. The maximum atomic E-state index is 13.3. The molecule has 0 aliphatic rings. The van der Waals surface area contributed by atoms with Gasteiger partial charge in [-0.3, -0.25) is 19.2 Å². The van der Waals surface area contributed by atoms with Crippen LogP contribution in [0.15, 0.2) is 51.7 Å². The lowest BCUT2D eigenvalue weighted by molar-refractivity contribution is -0.135. The lowest BCUT2D eigenvalue weighted by Crippen LogP contribution is -2.12. The lowest BCUT2D eigenvalue weighted by Gasteiger charge is -2.12. The van der Waals surface area contributed by atoms with Crippen molar-refractivity contribution in [3.63, 3.8) is 0 Å². The minimum absolute atomic E-state index is 0.00834. The van der Waals surface area contributed by atoms with Crippen LogP contribution in [-0.4, -0.2) is 17.9 Å². The molecule has 0 bridgehead atoms. The first kappa shape index (κ1) is 31.6. The molecule has 0 aliphatic carbocycles. The van der Waals surface area contributed by atoms with Gasteiger partial charge in [0, 0.05) is 43.0 Å². The summed E-state index contributed by atoms with van der Waals surface area (Å²) in [6.07, 6.45) is 8.65. The van der Waals surface area contributed by atoms with E-state index < -0.39 is 17.4 Å². The molecule has 0 fully saturated rings. The van der Waals surface area contributed by atoms with Crippen LogP contribution in [0.25, 0.3) is 22.3 Å². The number of benzene rings is 2. The van der Waals surface area contributed by atoms with Crippen LogP contribution in [0.5, 0.6) is 17.2 Å².